The molecule has 0 aliphatic carbocycles. The fourth-order valence-corrected chi connectivity index (χ4v) is 0.908. The SMILES string of the molecule is CC(=O)CNCCS(N)(=O)=O. The van der Waals surface area contributed by atoms with Crippen molar-refractivity contribution in [3.63, 3.8) is 0 Å². The number of ketones is 1. The van der Waals surface area contributed by atoms with E-state index in [9.17, 15) is 13.2 Å². The fraction of sp³-hybridized carbons (Fsp3) is 0.800. The average molecular weight is 180 g/mol. The van der Waals surface area contributed by atoms with Gasteiger partial charge in [-0.3, -0.25) is 4.79 Å². The third-order valence-electron chi connectivity index (χ3n) is 0.937. The van der Waals surface area contributed by atoms with Crippen LogP contribution < -0.4 is 10.5 Å². The van der Waals surface area contributed by atoms with E-state index in [1.165, 1.54) is 6.92 Å². The maximum absolute atomic E-state index is 10.3. The number of hydrogen-bond acceptors (Lipinski definition) is 4. The van der Waals surface area contributed by atoms with Crippen molar-refractivity contribution in [2.75, 3.05) is 18.8 Å². The monoisotopic (exact) mass is 180 g/mol. The van der Waals surface area contributed by atoms with Crippen LogP contribution in [0.3, 0.4) is 0 Å². The highest BCUT2D eigenvalue weighted by molar-refractivity contribution is 7.89. The molecule has 0 heterocycles. The van der Waals surface area contributed by atoms with Crippen molar-refractivity contribution in [1.29, 1.82) is 0 Å². The molecule has 0 bridgehead atoms. The maximum Gasteiger partial charge on any atom is 0.210 e. The second kappa shape index (κ2) is 4.42. The van der Waals surface area contributed by atoms with Gasteiger partial charge >= 0.3 is 0 Å². The lowest BCUT2D eigenvalue weighted by atomic mass is 10.4. The van der Waals surface area contributed by atoms with Crippen molar-refractivity contribution >= 4 is 15.8 Å². The van der Waals surface area contributed by atoms with Gasteiger partial charge in [0.05, 0.1) is 12.3 Å². The average Bonchev–Trinajstić information content (AvgIpc) is 1.78. The standard InChI is InChI=1S/C5H12N2O3S/c1-5(8)4-7-2-3-11(6,9)10/h7H,2-4H2,1H3,(H2,6,9,10). The zero-order valence-electron chi connectivity index (χ0n) is 6.33. The second-order valence-electron chi connectivity index (χ2n) is 2.25. The Bertz CT molecular complexity index is 222. The first-order valence-corrected chi connectivity index (χ1v) is 4.84. The summed E-state index contributed by atoms with van der Waals surface area (Å²) in [7, 11) is -3.40. The van der Waals surface area contributed by atoms with Gasteiger partial charge in [0.1, 0.15) is 5.78 Å². The maximum atomic E-state index is 10.3. The van der Waals surface area contributed by atoms with E-state index in [4.69, 9.17) is 5.14 Å². The van der Waals surface area contributed by atoms with Gasteiger partial charge in [-0.15, -0.1) is 0 Å². The zero-order valence-corrected chi connectivity index (χ0v) is 7.15. The molecule has 0 saturated heterocycles. The van der Waals surface area contributed by atoms with Gasteiger partial charge in [0, 0.05) is 6.54 Å². The molecule has 0 spiro atoms. The van der Waals surface area contributed by atoms with Gasteiger partial charge in [-0.2, -0.15) is 0 Å². The van der Waals surface area contributed by atoms with E-state index in [0.717, 1.165) is 0 Å². The van der Waals surface area contributed by atoms with Gasteiger partial charge in [-0.1, -0.05) is 0 Å². The molecule has 0 aliphatic heterocycles. The van der Waals surface area contributed by atoms with Crippen molar-refractivity contribution in [2.45, 2.75) is 6.92 Å². The largest absolute Gasteiger partial charge is 0.309 e. The van der Waals surface area contributed by atoms with Gasteiger partial charge in [-0.25, -0.2) is 13.6 Å². The van der Waals surface area contributed by atoms with Gasteiger partial charge in [0.15, 0.2) is 0 Å². The number of Topliss-reactive ketones (excluding diaryl/α,β-unsaturated/α-hetero) is 1. The summed E-state index contributed by atoms with van der Waals surface area (Å²) in [5.74, 6) is -0.167. The van der Waals surface area contributed by atoms with E-state index in [2.05, 4.69) is 5.32 Å². The van der Waals surface area contributed by atoms with Crippen molar-refractivity contribution < 1.29 is 13.2 Å². The molecule has 0 aromatic rings. The van der Waals surface area contributed by atoms with E-state index >= 15 is 0 Å². The van der Waals surface area contributed by atoms with Gasteiger partial charge in [0.2, 0.25) is 10.0 Å². The predicted octanol–water partition coefficient (Wildman–Crippen LogP) is -1.55. The quantitative estimate of drug-likeness (QED) is 0.501. The number of carbonyl (C=O) groups excluding carboxylic acids is 1. The number of rotatable bonds is 5. The van der Waals surface area contributed by atoms with Crippen LogP contribution >= 0.6 is 0 Å². The summed E-state index contributed by atoms with van der Waals surface area (Å²) in [5.41, 5.74) is 0. The van der Waals surface area contributed by atoms with Crippen LogP contribution in [0.4, 0.5) is 0 Å². The molecule has 66 valence electrons. The van der Waals surface area contributed by atoms with Crippen molar-refractivity contribution in [1.82, 2.24) is 5.32 Å². The number of nitrogens with two attached hydrogens (primary N) is 1. The topological polar surface area (TPSA) is 89.3 Å². The molecular formula is C5H12N2O3S. The molecular weight excluding hydrogens is 168 g/mol. The lowest BCUT2D eigenvalue weighted by Crippen LogP contribution is -2.29. The Hall–Kier alpha value is -0.460. The first-order chi connectivity index (χ1) is 4.92. The Morgan fingerprint density at radius 3 is 2.45 bits per heavy atom. The second-order valence-corrected chi connectivity index (χ2v) is 3.98. The molecule has 0 radical (unpaired) electrons. The van der Waals surface area contributed by atoms with E-state index in [0.29, 0.717) is 0 Å². The normalized spacial score (nSPS) is 11.5. The Morgan fingerprint density at radius 2 is 2.09 bits per heavy atom. The number of nitrogens with one attached hydrogen (secondary N) is 1. The first-order valence-electron chi connectivity index (χ1n) is 3.12. The summed E-state index contributed by atoms with van der Waals surface area (Å²) in [6, 6.07) is 0. The minimum absolute atomic E-state index is 0.0283. The van der Waals surface area contributed by atoms with Crippen LogP contribution in [-0.4, -0.2) is 33.0 Å². The van der Waals surface area contributed by atoms with Crippen LogP contribution in [0.5, 0.6) is 0 Å². The molecule has 0 aromatic carbocycles. The highest BCUT2D eigenvalue weighted by atomic mass is 32.2. The summed E-state index contributed by atoms with van der Waals surface area (Å²) in [5, 5.41) is 7.33. The summed E-state index contributed by atoms with van der Waals surface area (Å²) >= 11 is 0. The Kier molecular flexibility index (Phi) is 4.24. The summed E-state index contributed by atoms with van der Waals surface area (Å²) < 4.78 is 20.7. The molecule has 0 aliphatic rings. The van der Waals surface area contributed by atoms with Gasteiger partial charge in [-0.05, 0) is 6.92 Å². The zero-order chi connectivity index (χ0) is 8.91. The third-order valence-corrected chi connectivity index (χ3v) is 1.71. The number of sulfonamides is 1. The molecule has 0 rings (SSSR count). The molecule has 0 amide bonds. The number of carbonyl (C=O) groups is 1. The smallest absolute Gasteiger partial charge is 0.210 e. The van der Waals surface area contributed by atoms with Crippen molar-refractivity contribution in [2.24, 2.45) is 5.14 Å². The molecule has 0 aromatic heterocycles. The summed E-state index contributed by atoms with van der Waals surface area (Å²) in [4.78, 5) is 10.3. The Balaban J connectivity index is 3.37. The van der Waals surface area contributed by atoms with Crippen LogP contribution in [0.2, 0.25) is 0 Å². The molecule has 0 saturated carbocycles. The highest BCUT2D eigenvalue weighted by Crippen LogP contribution is 1.73. The predicted molar refractivity (Wildman–Crippen MR) is 41.5 cm³/mol. The Morgan fingerprint density at radius 1 is 1.55 bits per heavy atom. The molecule has 3 N–H and O–H groups in total. The van der Waals surface area contributed by atoms with Crippen LogP contribution in [0.15, 0.2) is 0 Å². The number of hydrogen-bond donors (Lipinski definition) is 2. The minimum atomic E-state index is -3.40. The van der Waals surface area contributed by atoms with Crippen LogP contribution in [0.25, 0.3) is 0 Å². The van der Waals surface area contributed by atoms with Crippen LogP contribution in [0, 0.1) is 0 Å². The summed E-state index contributed by atoms with van der Waals surface area (Å²) in [6.07, 6.45) is 0. The molecule has 0 atom stereocenters. The van der Waals surface area contributed by atoms with Crippen molar-refractivity contribution in [3.05, 3.63) is 0 Å². The molecule has 0 unspecified atom stereocenters. The van der Waals surface area contributed by atoms with Crippen LogP contribution in [0.1, 0.15) is 6.92 Å². The van der Waals surface area contributed by atoms with E-state index in [1.807, 2.05) is 0 Å². The molecule has 6 heteroatoms. The van der Waals surface area contributed by atoms with E-state index < -0.39 is 10.0 Å². The minimum Gasteiger partial charge on any atom is -0.309 e. The first kappa shape index (κ1) is 10.5. The lowest BCUT2D eigenvalue weighted by molar-refractivity contribution is -0.116. The lowest BCUT2D eigenvalue weighted by Gasteiger charge is -1.99. The third kappa shape index (κ3) is 9.54. The fourth-order valence-electron chi connectivity index (χ4n) is 0.479. The van der Waals surface area contributed by atoms with Gasteiger partial charge in [0.25, 0.3) is 0 Å². The van der Waals surface area contributed by atoms with Gasteiger partial charge < -0.3 is 5.32 Å². The van der Waals surface area contributed by atoms with Crippen molar-refractivity contribution in [3.8, 4) is 0 Å². The number of primary sulfonamides is 1. The van der Waals surface area contributed by atoms with E-state index in [1.54, 1.807) is 0 Å². The van der Waals surface area contributed by atoms with Crippen LogP contribution in [-0.2, 0) is 14.8 Å². The molecule has 11 heavy (non-hydrogen) atoms. The highest BCUT2D eigenvalue weighted by Gasteiger charge is 2.00. The summed E-state index contributed by atoms with van der Waals surface area (Å²) in [6.45, 7) is 1.83. The molecule has 0 fully saturated rings. The Labute approximate surface area is 66.0 Å². The van der Waals surface area contributed by atoms with E-state index in [-0.39, 0.29) is 24.6 Å². The molecule has 5 nitrogen and oxygen atoms in total.